The van der Waals surface area contributed by atoms with Gasteiger partial charge in [-0.3, -0.25) is 0 Å². The number of nitrogens with one attached hydrogen (secondary N) is 1. The first-order chi connectivity index (χ1) is 10.2. The lowest BCUT2D eigenvalue weighted by atomic mass is 10.1. The van der Waals surface area contributed by atoms with Gasteiger partial charge >= 0.3 is 0 Å². The zero-order valence-electron chi connectivity index (χ0n) is 12.5. The molecule has 0 saturated carbocycles. The third-order valence-electron chi connectivity index (χ3n) is 3.42. The van der Waals surface area contributed by atoms with Crippen molar-refractivity contribution >= 4 is 0 Å². The minimum atomic E-state index is -0.313. The van der Waals surface area contributed by atoms with Crippen molar-refractivity contribution in [2.75, 3.05) is 20.8 Å². The van der Waals surface area contributed by atoms with Crippen LogP contribution in [0.5, 0.6) is 11.5 Å². The van der Waals surface area contributed by atoms with Crippen LogP contribution in [-0.4, -0.2) is 20.8 Å². The average Bonchev–Trinajstić information content (AvgIpc) is 2.52. The lowest BCUT2D eigenvalue weighted by molar-refractivity contribution is 0.257. The van der Waals surface area contributed by atoms with E-state index in [4.69, 9.17) is 9.47 Å². The van der Waals surface area contributed by atoms with Crippen LogP contribution in [0.1, 0.15) is 17.2 Å². The average molecular weight is 289 g/mol. The molecule has 0 heterocycles. The molecular formula is C17H20FNO2. The molecule has 4 heteroatoms. The Labute approximate surface area is 124 Å². The van der Waals surface area contributed by atoms with Gasteiger partial charge < -0.3 is 14.8 Å². The highest BCUT2D eigenvalue weighted by Crippen LogP contribution is 2.26. The van der Waals surface area contributed by atoms with Gasteiger partial charge in [-0.25, -0.2) is 4.39 Å². The van der Waals surface area contributed by atoms with E-state index < -0.39 is 0 Å². The highest BCUT2D eigenvalue weighted by molar-refractivity contribution is 5.36. The molecule has 0 amide bonds. The van der Waals surface area contributed by atoms with Crippen molar-refractivity contribution in [1.29, 1.82) is 0 Å². The Morgan fingerprint density at radius 2 is 1.81 bits per heavy atom. The zero-order valence-corrected chi connectivity index (χ0v) is 12.5. The number of likely N-dealkylation sites (N-methyl/N-ethyl adjacent to an activating group) is 1. The van der Waals surface area contributed by atoms with Gasteiger partial charge in [0.15, 0.2) is 11.6 Å². The van der Waals surface area contributed by atoms with Gasteiger partial charge in [-0.2, -0.15) is 0 Å². The summed E-state index contributed by atoms with van der Waals surface area (Å²) in [6.45, 7) is 2.04. The first-order valence-electron chi connectivity index (χ1n) is 6.85. The number of para-hydroxylation sites is 1. The zero-order chi connectivity index (χ0) is 15.2. The van der Waals surface area contributed by atoms with Crippen LogP contribution in [0.4, 0.5) is 4.39 Å². The van der Waals surface area contributed by atoms with Crippen LogP contribution in [0.3, 0.4) is 0 Å². The van der Waals surface area contributed by atoms with E-state index >= 15 is 0 Å². The lowest BCUT2D eigenvalue weighted by Gasteiger charge is -2.20. The Balaban J connectivity index is 2.14. The predicted octanol–water partition coefficient (Wildman–Crippen LogP) is 3.48. The fourth-order valence-corrected chi connectivity index (χ4v) is 2.19. The molecule has 0 bridgehead atoms. The van der Waals surface area contributed by atoms with Crippen molar-refractivity contribution in [3.63, 3.8) is 0 Å². The van der Waals surface area contributed by atoms with E-state index in [-0.39, 0.29) is 17.6 Å². The molecule has 2 rings (SSSR count). The number of methoxy groups -OCH3 is 1. The van der Waals surface area contributed by atoms with Gasteiger partial charge in [0.25, 0.3) is 0 Å². The molecule has 21 heavy (non-hydrogen) atoms. The lowest BCUT2D eigenvalue weighted by Crippen LogP contribution is -2.24. The fraction of sp³-hybridized carbons (Fsp3) is 0.294. The third kappa shape index (κ3) is 3.52. The summed E-state index contributed by atoms with van der Waals surface area (Å²) in [7, 11) is 3.47. The Kier molecular flexibility index (Phi) is 5.17. The molecular weight excluding hydrogens is 269 g/mol. The fourth-order valence-electron chi connectivity index (χ4n) is 2.19. The standard InChI is InChI=1S/C17H20FNO2/c1-12-7-6-10-16(17(12)18)21-11-14(19-2)13-8-4-5-9-15(13)20-3/h4-10,14,19H,11H2,1-3H3. The van der Waals surface area contributed by atoms with E-state index in [0.29, 0.717) is 12.2 Å². The first-order valence-corrected chi connectivity index (χ1v) is 6.85. The third-order valence-corrected chi connectivity index (χ3v) is 3.42. The number of hydrogen-bond acceptors (Lipinski definition) is 3. The van der Waals surface area contributed by atoms with Gasteiger partial charge in [-0.05, 0) is 31.7 Å². The second-order valence-corrected chi connectivity index (χ2v) is 4.78. The van der Waals surface area contributed by atoms with E-state index in [0.717, 1.165) is 11.3 Å². The summed E-state index contributed by atoms with van der Waals surface area (Å²) in [5, 5.41) is 3.17. The maximum atomic E-state index is 13.9. The summed E-state index contributed by atoms with van der Waals surface area (Å²) in [5.41, 5.74) is 1.56. The number of aryl methyl sites for hydroxylation is 1. The molecule has 2 aromatic carbocycles. The number of benzene rings is 2. The molecule has 3 nitrogen and oxygen atoms in total. The van der Waals surface area contributed by atoms with Gasteiger partial charge in [0.2, 0.25) is 0 Å². The van der Waals surface area contributed by atoms with Crippen LogP contribution in [0.2, 0.25) is 0 Å². The van der Waals surface area contributed by atoms with Crippen LogP contribution < -0.4 is 14.8 Å². The summed E-state index contributed by atoms with van der Waals surface area (Å²) in [6.07, 6.45) is 0. The Hall–Kier alpha value is -2.07. The molecule has 0 aromatic heterocycles. The van der Waals surface area contributed by atoms with Crippen LogP contribution >= 0.6 is 0 Å². The van der Waals surface area contributed by atoms with E-state index in [2.05, 4.69) is 5.32 Å². The van der Waals surface area contributed by atoms with E-state index in [1.54, 1.807) is 32.2 Å². The van der Waals surface area contributed by atoms with Crippen molar-refractivity contribution in [2.45, 2.75) is 13.0 Å². The molecule has 112 valence electrons. The van der Waals surface area contributed by atoms with Gasteiger partial charge in [0, 0.05) is 5.56 Å². The molecule has 0 aliphatic rings. The highest BCUT2D eigenvalue weighted by Gasteiger charge is 2.16. The predicted molar refractivity (Wildman–Crippen MR) is 81.4 cm³/mol. The highest BCUT2D eigenvalue weighted by atomic mass is 19.1. The smallest absolute Gasteiger partial charge is 0.167 e. The van der Waals surface area contributed by atoms with Crippen LogP contribution in [-0.2, 0) is 0 Å². The molecule has 1 unspecified atom stereocenters. The molecule has 0 radical (unpaired) electrons. The molecule has 0 spiro atoms. The molecule has 0 saturated heterocycles. The van der Waals surface area contributed by atoms with Crippen molar-refractivity contribution < 1.29 is 13.9 Å². The molecule has 1 atom stereocenters. The number of halogens is 1. The minimum absolute atomic E-state index is 0.0823. The largest absolute Gasteiger partial charge is 0.496 e. The van der Waals surface area contributed by atoms with Crippen LogP contribution in [0, 0.1) is 12.7 Å². The van der Waals surface area contributed by atoms with Gasteiger partial charge in [-0.1, -0.05) is 30.3 Å². The number of rotatable bonds is 6. The number of ether oxygens (including phenoxy) is 2. The Bertz CT molecular complexity index is 601. The summed E-state index contributed by atoms with van der Waals surface area (Å²) in [6, 6.07) is 12.8. The van der Waals surface area contributed by atoms with Gasteiger partial charge in [-0.15, -0.1) is 0 Å². The van der Waals surface area contributed by atoms with E-state index in [9.17, 15) is 4.39 Å². The minimum Gasteiger partial charge on any atom is -0.496 e. The van der Waals surface area contributed by atoms with E-state index in [1.807, 2.05) is 31.3 Å². The molecule has 0 aliphatic carbocycles. The quantitative estimate of drug-likeness (QED) is 0.883. The molecule has 0 aliphatic heterocycles. The summed E-state index contributed by atoms with van der Waals surface area (Å²) < 4.78 is 24.9. The second kappa shape index (κ2) is 7.09. The summed E-state index contributed by atoms with van der Waals surface area (Å²) in [4.78, 5) is 0. The summed E-state index contributed by atoms with van der Waals surface area (Å²) >= 11 is 0. The maximum Gasteiger partial charge on any atom is 0.167 e. The maximum absolute atomic E-state index is 13.9. The topological polar surface area (TPSA) is 30.5 Å². The molecule has 2 aromatic rings. The molecule has 1 N–H and O–H groups in total. The van der Waals surface area contributed by atoms with Crippen LogP contribution in [0.15, 0.2) is 42.5 Å². The monoisotopic (exact) mass is 289 g/mol. The van der Waals surface area contributed by atoms with Crippen molar-refractivity contribution in [3.05, 3.63) is 59.4 Å². The second-order valence-electron chi connectivity index (χ2n) is 4.78. The van der Waals surface area contributed by atoms with Gasteiger partial charge in [0.1, 0.15) is 12.4 Å². The van der Waals surface area contributed by atoms with E-state index in [1.165, 1.54) is 0 Å². The normalized spacial score (nSPS) is 12.0. The summed E-state index contributed by atoms with van der Waals surface area (Å²) in [5.74, 6) is 0.739. The first kappa shape index (κ1) is 15.3. The van der Waals surface area contributed by atoms with Gasteiger partial charge in [0.05, 0.1) is 13.2 Å². The van der Waals surface area contributed by atoms with Crippen molar-refractivity contribution in [1.82, 2.24) is 5.32 Å². The van der Waals surface area contributed by atoms with Crippen molar-refractivity contribution in [3.8, 4) is 11.5 Å². The Morgan fingerprint density at radius 3 is 2.52 bits per heavy atom. The SMILES string of the molecule is CNC(COc1cccc(C)c1F)c1ccccc1OC. The van der Waals surface area contributed by atoms with Crippen molar-refractivity contribution in [2.24, 2.45) is 0 Å². The number of hydrogen-bond donors (Lipinski definition) is 1. The molecule has 0 fully saturated rings. The van der Waals surface area contributed by atoms with Crippen LogP contribution in [0.25, 0.3) is 0 Å². The Morgan fingerprint density at radius 1 is 1.10 bits per heavy atom.